The van der Waals surface area contributed by atoms with Gasteiger partial charge in [0.25, 0.3) is 5.91 Å². The number of hydrogen-bond acceptors (Lipinski definition) is 8. The molecular formula is C32H53N5O8. The van der Waals surface area contributed by atoms with Crippen molar-refractivity contribution in [3.8, 4) is 0 Å². The second-order valence-electron chi connectivity index (χ2n) is 12.2. The summed E-state index contributed by atoms with van der Waals surface area (Å²) in [7, 11) is 0. The van der Waals surface area contributed by atoms with Crippen molar-refractivity contribution in [1.82, 2.24) is 26.6 Å². The first kappa shape index (κ1) is 37.7. The van der Waals surface area contributed by atoms with Crippen molar-refractivity contribution < 1.29 is 38.3 Å². The summed E-state index contributed by atoms with van der Waals surface area (Å²) in [5, 5.41) is 13.5. The highest BCUT2D eigenvalue weighted by atomic mass is 16.5. The lowest BCUT2D eigenvalue weighted by Crippen LogP contribution is -2.58. The Balaban J connectivity index is 2.22. The predicted octanol–water partition coefficient (Wildman–Crippen LogP) is 1.57. The van der Waals surface area contributed by atoms with Crippen LogP contribution in [0.5, 0.6) is 0 Å². The van der Waals surface area contributed by atoms with Gasteiger partial charge in [-0.1, -0.05) is 46.5 Å². The number of esters is 1. The zero-order valence-electron chi connectivity index (χ0n) is 27.2. The van der Waals surface area contributed by atoms with Gasteiger partial charge in [-0.05, 0) is 63.7 Å². The fourth-order valence-electron chi connectivity index (χ4n) is 5.67. The molecule has 5 N–H and O–H groups in total. The molecule has 1 unspecified atom stereocenters. The molecule has 0 aromatic carbocycles. The smallest absolute Gasteiger partial charge is 0.325 e. The monoisotopic (exact) mass is 635 g/mol. The van der Waals surface area contributed by atoms with E-state index in [0.29, 0.717) is 51.5 Å². The molecule has 0 radical (unpaired) electrons. The van der Waals surface area contributed by atoms with E-state index in [1.807, 2.05) is 6.92 Å². The van der Waals surface area contributed by atoms with Gasteiger partial charge in [0.1, 0.15) is 18.6 Å². The normalized spacial score (nSPS) is 23.4. The van der Waals surface area contributed by atoms with Crippen LogP contribution in [-0.2, 0) is 38.3 Å². The Morgan fingerprint density at radius 3 is 2.27 bits per heavy atom. The Kier molecular flexibility index (Phi) is 17.2. The fraction of sp³-hybridized carbons (Fsp3) is 0.781. The van der Waals surface area contributed by atoms with Gasteiger partial charge in [0, 0.05) is 18.9 Å². The Labute approximate surface area is 266 Å². The molecular weight excluding hydrogens is 582 g/mol. The highest BCUT2D eigenvalue weighted by Gasteiger charge is 2.35. The van der Waals surface area contributed by atoms with Crippen molar-refractivity contribution in [2.75, 3.05) is 19.7 Å². The van der Waals surface area contributed by atoms with Gasteiger partial charge in [-0.25, -0.2) is 0 Å². The number of ketones is 1. The summed E-state index contributed by atoms with van der Waals surface area (Å²) >= 11 is 0. The van der Waals surface area contributed by atoms with Crippen LogP contribution >= 0.6 is 0 Å². The summed E-state index contributed by atoms with van der Waals surface area (Å²) in [6, 6.07) is -3.03. The van der Waals surface area contributed by atoms with E-state index in [1.54, 1.807) is 13.8 Å². The first-order chi connectivity index (χ1) is 21.6. The number of hydrogen-bond donors (Lipinski definition) is 5. The Morgan fingerprint density at radius 1 is 0.867 bits per heavy atom. The Morgan fingerprint density at radius 2 is 1.58 bits per heavy atom. The highest BCUT2D eigenvalue weighted by Crippen LogP contribution is 2.27. The maximum Gasteiger partial charge on any atom is 0.325 e. The number of amides is 5. The minimum Gasteiger partial charge on any atom is -0.464 e. The number of ether oxygens (including phenoxy) is 1. The molecule has 0 spiro atoms. The lowest BCUT2D eigenvalue weighted by Gasteiger charge is -2.32. The molecule has 2 fully saturated rings. The zero-order chi connectivity index (χ0) is 33.2. The highest BCUT2D eigenvalue weighted by molar-refractivity contribution is 6.38. The third-order valence-corrected chi connectivity index (χ3v) is 8.36. The van der Waals surface area contributed by atoms with Crippen LogP contribution in [-0.4, -0.2) is 79.1 Å². The maximum atomic E-state index is 13.8. The molecule has 1 aliphatic heterocycles. The molecule has 1 saturated carbocycles. The van der Waals surface area contributed by atoms with Crippen LogP contribution in [0.4, 0.5) is 0 Å². The van der Waals surface area contributed by atoms with Gasteiger partial charge < -0.3 is 31.3 Å². The first-order valence-corrected chi connectivity index (χ1v) is 16.7. The topological polar surface area (TPSA) is 189 Å². The van der Waals surface area contributed by atoms with Crippen LogP contribution in [0.1, 0.15) is 111 Å². The van der Waals surface area contributed by atoms with Crippen molar-refractivity contribution in [3.63, 3.8) is 0 Å². The molecule has 1 saturated heterocycles. The molecule has 254 valence electrons. The number of nitrogens with one attached hydrogen (secondary N) is 5. The van der Waals surface area contributed by atoms with Gasteiger partial charge in [0.2, 0.25) is 29.4 Å². The van der Waals surface area contributed by atoms with Crippen LogP contribution in [0.25, 0.3) is 0 Å². The summed E-state index contributed by atoms with van der Waals surface area (Å²) in [5.74, 6) is -4.53. The zero-order valence-corrected chi connectivity index (χ0v) is 27.2. The predicted molar refractivity (Wildman–Crippen MR) is 166 cm³/mol. The average Bonchev–Trinajstić information content (AvgIpc) is 3.03. The molecule has 0 aromatic heterocycles. The molecule has 1 heterocycles. The van der Waals surface area contributed by atoms with Crippen molar-refractivity contribution in [2.24, 2.45) is 11.8 Å². The van der Waals surface area contributed by atoms with Crippen LogP contribution in [0.3, 0.4) is 0 Å². The van der Waals surface area contributed by atoms with Gasteiger partial charge in [-0.3, -0.25) is 33.6 Å². The molecule has 13 nitrogen and oxygen atoms in total. The van der Waals surface area contributed by atoms with Crippen molar-refractivity contribution >= 4 is 41.3 Å². The summed E-state index contributed by atoms with van der Waals surface area (Å²) in [6.45, 7) is 5.53. The van der Waals surface area contributed by atoms with E-state index in [0.717, 1.165) is 32.1 Å². The molecule has 45 heavy (non-hydrogen) atoms. The number of Topliss-reactive ketones (excluding diaryl/α,β-unsaturated/α-hetero) is 1. The quantitative estimate of drug-likeness (QED) is 0.167. The summed E-state index contributed by atoms with van der Waals surface area (Å²) in [5.41, 5.74) is 0. The lowest BCUT2D eigenvalue weighted by atomic mass is 9.83. The van der Waals surface area contributed by atoms with Crippen molar-refractivity contribution in [1.29, 1.82) is 0 Å². The standard InChI is InChI=1S/C32H53N5O8/c1-4-12-23(28(40)32(44)34-20-26(39)45-19-5-2)35-30(42)24-16-9-10-18-33-25(38)17-11-13-21(3)29(41)37-27(31(43)36-24)22-14-7-6-8-15-22/h21-24,27H,4-20H2,1-3H3,(H,33,38)(H,34,44)(H,35,42)(H,36,43)(H,37,41)/t21-,23?,24-,27-/m0/s1. The summed E-state index contributed by atoms with van der Waals surface area (Å²) in [4.78, 5) is 90.0. The third-order valence-electron chi connectivity index (χ3n) is 8.36. The SMILES string of the molecule is CCCOC(=O)CNC(=O)C(=O)C(CCC)NC(=O)[C@@H]1CCCCNC(=O)CCC[C@H](C)C(=O)N[C@@H](C2CCCCC2)C(=O)N1. The maximum absolute atomic E-state index is 13.8. The fourth-order valence-corrected chi connectivity index (χ4v) is 5.67. The van der Waals surface area contributed by atoms with E-state index in [2.05, 4.69) is 26.6 Å². The second kappa shape index (κ2) is 20.5. The number of rotatable bonds is 11. The Bertz CT molecular complexity index is 1030. The van der Waals surface area contributed by atoms with Crippen molar-refractivity contribution in [3.05, 3.63) is 0 Å². The number of carbonyl (C=O) groups excluding carboxylic acids is 7. The Hall–Kier alpha value is -3.51. The van der Waals surface area contributed by atoms with Gasteiger partial charge in [-0.2, -0.15) is 0 Å². The van der Waals surface area contributed by atoms with E-state index < -0.39 is 60.1 Å². The lowest BCUT2D eigenvalue weighted by molar-refractivity contribution is -0.146. The van der Waals surface area contributed by atoms with E-state index in [1.165, 1.54) is 0 Å². The van der Waals surface area contributed by atoms with E-state index in [4.69, 9.17) is 4.74 Å². The molecule has 2 aliphatic rings. The molecule has 4 atom stereocenters. The van der Waals surface area contributed by atoms with E-state index >= 15 is 0 Å². The van der Waals surface area contributed by atoms with Gasteiger partial charge in [0.05, 0.1) is 12.6 Å². The van der Waals surface area contributed by atoms with Crippen molar-refractivity contribution in [2.45, 2.75) is 129 Å². The van der Waals surface area contributed by atoms with Crippen LogP contribution in [0.15, 0.2) is 0 Å². The minimum absolute atomic E-state index is 0.0783. The average molecular weight is 636 g/mol. The third kappa shape index (κ3) is 13.6. The molecule has 2 rings (SSSR count). The first-order valence-electron chi connectivity index (χ1n) is 16.7. The minimum atomic E-state index is -1.17. The number of carbonyl (C=O) groups is 7. The van der Waals surface area contributed by atoms with Gasteiger partial charge >= 0.3 is 5.97 Å². The second-order valence-corrected chi connectivity index (χ2v) is 12.2. The van der Waals surface area contributed by atoms with Crippen LogP contribution < -0.4 is 26.6 Å². The van der Waals surface area contributed by atoms with Crippen LogP contribution in [0, 0.1) is 11.8 Å². The molecule has 5 amide bonds. The molecule has 1 aliphatic carbocycles. The van der Waals surface area contributed by atoms with Crippen LogP contribution in [0.2, 0.25) is 0 Å². The molecule has 13 heteroatoms. The summed E-state index contributed by atoms with van der Waals surface area (Å²) in [6.07, 6.45) is 8.40. The van der Waals surface area contributed by atoms with E-state index in [-0.39, 0.29) is 37.2 Å². The van der Waals surface area contributed by atoms with E-state index in [9.17, 15) is 33.6 Å². The largest absolute Gasteiger partial charge is 0.464 e. The van der Waals surface area contributed by atoms with Gasteiger partial charge in [0.15, 0.2) is 0 Å². The summed E-state index contributed by atoms with van der Waals surface area (Å²) < 4.78 is 4.92. The molecule has 0 aromatic rings. The molecule has 0 bridgehead atoms. The van der Waals surface area contributed by atoms with Gasteiger partial charge in [-0.15, -0.1) is 0 Å².